The van der Waals surface area contributed by atoms with Crippen molar-refractivity contribution in [2.24, 2.45) is 11.3 Å². The van der Waals surface area contributed by atoms with Crippen LogP contribution in [0.2, 0.25) is 0 Å². The van der Waals surface area contributed by atoms with E-state index in [4.69, 9.17) is 23.7 Å². The van der Waals surface area contributed by atoms with Crippen LogP contribution in [0.4, 0.5) is 0 Å². The largest absolute Gasteiger partial charge is 0.459 e. The Hall–Kier alpha value is -3.80. The van der Waals surface area contributed by atoms with Crippen molar-refractivity contribution >= 4 is 23.9 Å². The lowest BCUT2D eigenvalue weighted by Gasteiger charge is -2.66. The number of hydrogen-bond acceptors (Lipinski definition) is 11. The Morgan fingerprint density at radius 1 is 0.750 bits per heavy atom. The molecule has 5 rings (SSSR count). The van der Waals surface area contributed by atoms with E-state index >= 15 is 0 Å². The average molecular weight is 611 g/mol. The minimum atomic E-state index is -2.30. The minimum Gasteiger partial charge on any atom is -0.459 e. The van der Waals surface area contributed by atoms with Gasteiger partial charge < -0.3 is 33.9 Å². The first kappa shape index (κ1) is 31.6. The lowest BCUT2D eigenvalue weighted by Crippen LogP contribution is -2.85. The molecule has 0 unspecified atom stereocenters. The van der Waals surface area contributed by atoms with Crippen molar-refractivity contribution in [3.05, 3.63) is 71.8 Å². The van der Waals surface area contributed by atoms with Crippen molar-refractivity contribution in [2.75, 3.05) is 0 Å². The predicted molar refractivity (Wildman–Crippen MR) is 153 cm³/mol. The van der Waals surface area contributed by atoms with Gasteiger partial charge in [-0.2, -0.15) is 0 Å². The lowest BCUT2D eigenvalue weighted by molar-refractivity contribution is -0.367. The molecule has 3 fully saturated rings. The number of aliphatic hydroxyl groups is 2. The van der Waals surface area contributed by atoms with Crippen LogP contribution in [0.3, 0.4) is 0 Å². The highest BCUT2D eigenvalue weighted by Crippen LogP contribution is 2.69. The summed E-state index contributed by atoms with van der Waals surface area (Å²) in [6.45, 7) is 8.68. The molecule has 1 aliphatic heterocycles. The summed E-state index contributed by atoms with van der Waals surface area (Å²) in [6, 6.07) is 16.3. The van der Waals surface area contributed by atoms with Crippen LogP contribution in [-0.4, -0.2) is 81.4 Å². The van der Waals surface area contributed by atoms with Gasteiger partial charge in [-0.15, -0.1) is 0 Å². The molecule has 1 saturated heterocycles. The van der Waals surface area contributed by atoms with Gasteiger partial charge in [0.2, 0.25) is 0 Å². The molecule has 2 aromatic rings. The Kier molecular flexibility index (Phi) is 7.89. The molecule has 2 bridgehead atoms. The van der Waals surface area contributed by atoms with E-state index in [0.717, 1.165) is 6.92 Å². The molecule has 9 atom stereocenters. The highest BCUT2D eigenvalue weighted by Gasteiger charge is 2.86. The fraction of sp³-hybridized carbons (Fsp3) is 0.515. The smallest absolute Gasteiger partial charge is 0.338 e. The quantitative estimate of drug-likeness (QED) is 0.366. The first-order valence-corrected chi connectivity index (χ1v) is 14.5. The van der Waals surface area contributed by atoms with E-state index in [-0.39, 0.29) is 17.5 Å². The number of aliphatic hydroxyl groups excluding tert-OH is 1. The number of ether oxygens (including phenoxy) is 5. The van der Waals surface area contributed by atoms with Gasteiger partial charge in [-0.1, -0.05) is 36.4 Å². The zero-order valence-electron chi connectivity index (χ0n) is 25.5. The fourth-order valence-corrected chi connectivity index (χ4v) is 7.66. The summed E-state index contributed by atoms with van der Waals surface area (Å²) in [5.41, 5.74) is -6.79. The number of hydrogen-bond donors (Lipinski definition) is 2. The van der Waals surface area contributed by atoms with Gasteiger partial charge in [-0.25, -0.2) is 9.59 Å². The van der Waals surface area contributed by atoms with Gasteiger partial charge in [0.15, 0.2) is 12.2 Å². The molecule has 2 N–H and O–H groups in total. The first-order chi connectivity index (χ1) is 20.6. The Bertz CT molecular complexity index is 1440. The highest BCUT2D eigenvalue weighted by atomic mass is 16.6. The Morgan fingerprint density at radius 2 is 1.25 bits per heavy atom. The summed E-state index contributed by atoms with van der Waals surface area (Å²) in [5.74, 6) is -3.65. The summed E-state index contributed by atoms with van der Waals surface area (Å²) in [6.07, 6.45) is -7.38. The summed E-state index contributed by atoms with van der Waals surface area (Å²) in [7, 11) is 0. The fourth-order valence-electron chi connectivity index (χ4n) is 7.66. The summed E-state index contributed by atoms with van der Waals surface area (Å²) < 4.78 is 30.5. The van der Waals surface area contributed by atoms with Gasteiger partial charge in [0, 0.05) is 19.8 Å². The second kappa shape index (κ2) is 11.0. The second-order valence-electron chi connectivity index (χ2n) is 12.7. The van der Waals surface area contributed by atoms with Crippen LogP contribution in [0.15, 0.2) is 60.7 Å². The summed E-state index contributed by atoms with van der Waals surface area (Å²) >= 11 is 0. The van der Waals surface area contributed by atoms with E-state index in [0.29, 0.717) is 0 Å². The highest BCUT2D eigenvalue weighted by molar-refractivity contribution is 5.90. The minimum absolute atomic E-state index is 0.0557. The maximum atomic E-state index is 13.6. The predicted octanol–water partition coefficient (Wildman–Crippen LogP) is 3.00. The van der Waals surface area contributed by atoms with E-state index in [2.05, 4.69) is 0 Å². The van der Waals surface area contributed by atoms with E-state index < -0.39 is 82.5 Å². The Labute approximate surface area is 255 Å². The molecule has 2 saturated carbocycles. The van der Waals surface area contributed by atoms with Crippen LogP contribution in [0.1, 0.15) is 68.7 Å². The van der Waals surface area contributed by atoms with Crippen molar-refractivity contribution in [2.45, 2.75) is 95.3 Å². The molecule has 236 valence electrons. The van der Waals surface area contributed by atoms with Gasteiger partial charge in [-0.3, -0.25) is 9.59 Å². The van der Waals surface area contributed by atoms with Crippen molar-refractivity contribution in [1.82, 2.24) is 0 Å². The Morgan fingerprint density at radius 3 is 1.75 bits per heavy atom. The van der Waals surface area contributed by atoms with Gasteiger partial charge in [0.05, 0.1) is 22.1 Å². The van der Waals surface area contributed by atoms with Crippen molar-refractivity contribution in [3.8, 4) is 0 Å². The summed E-state index contributed by atoms with van der Waals surface area (Å²) in [4.78, 5) is 52.1. The molecule has 1 spiro atoms. The average Bonchev–Trinajstić information content (AvgIpc) is 3.15. The molecule has 1 heterocycles. The third-order valence-electron chi connectivity index (χ3n) is 9.65. The van der Waals surface area contributed by atoms with Crippen molar-refractivity contribution in [1.29, 1.82) is 0 Å². The van der Waals surface area contributed by atoms with E-state index in [1.165, 1.54) is 26.0 Å². The number of carbonyl (C=O) groups is 4. The van der Waals surface area contributed by atoms with Crippen LogP contribution < -0.4 is 0 Å². The Balaban J connectivity index is 1.75. The van der Waals surface area contributed by atoms with Gasteiger partial charge >= 0.3 is 23.9 Å². The molecule has 0 amide bonds. The van der Waals surface area contributed by atoms with Gasteiger partial charge in [0.1, 0.15) is 29.5 Å². The zero-order valence-corrected chi connectivity index (χ0v) is 25.5. The molecule has 3 aliphatic rings. The second-order valence-corrected chi connectivity index (χ2v) is 12.7. The van der Waals surface area contributed by atoms with Crippen LogP contribution in [0, 0.1) is 11.3 Å². The van der Waals surface area contributed by atoms with Crippen molar-refractivity contribution < 1.29 is 53.1 Å². The van der Waals surface area contributed by atoms with Crippen molar-refractivity contribution in [3.63, 3.8) is 0 Å². The maximum absolute atomic E-state index is 13.6. The number of fused-ring (bicyclic) bond motifs is 1. The molecule has 2 aliphatic carbocycles. The van der Waals surface area contributed by atoms with Gasteiger partial charge in [0.25, 0.3) is 0 Å². The standard InChI is InChI=1S/C33H38O11/c1-18(34)40-24-25(36)32(6,39)33-26(41-19(2)35)22(30(3,4)44-33)17-23(42-28(37)20-13-9-7-10-14-20)31(33,5)27(24)43-29(38)21-15-11-8-12-16-21/h7-16,22-27,36,39H,17H2,1-6H3/t22-,23+,24-,25+,26-,27+,31+,32+,33-/m1/s1. The topological polar surface area (TPSA) is 155 Å². The third-order valence-corrected chi connectivity index (χ3v) is 9.65. The molecular weight excluding hydrogens is 572 g/mol. The summed E-state index contributed by atoms with van der Waals surface area (Å²) in [5, 5.41) is 24.2. The molecular formula is C33H38O11. The SMILES string of the molecule is CC(=O)O[C@H]1[C@H](OC(=O)c2ccccc2)[C@]2(C)[C@@H](OC(=O)c3ccccc3)C[C@@H]3[C@@H](OC(C)=O)[C@]2(OC3(C)C)[C@@](C)(O)[C@H]1O. The number of esters is 4. The lowest BCUT2D eigenvalue weighted by atomic mass is 9.46. The zero-order chi connectivity index (χ0) is 32.2. The molecule has 0 aromatic heterocycles. The molecule has 11 nitrogen and oxygen atoms in total. The third kappa shape index (κ3) is 4.69. The number of benzene rings is 2. The molecule has 44 heavy (non-hydrogen) atoms. The first-order valence-electron chi connectivity index (χ1n) is 14.5. The number of rotatable bonds is 6. The van der Waals surface area contributed by atoms with Crippen LogP contribution in [-0.2, 0) is 33.3 Å². The number of carbonyl (C=O) groups excluding carboxylic acids is 4. The van der Waals surface area contributed by atoms with E-state index in [9.17, 15) is 29.4 Å². The monoisotopic (exact) mass is 610 g/mol. The molecule has 0 radical (unpaired) electrons. The molecule has 11 heteroatoms. The molecule has 2 aromatic carbocycles. The van der Waals surface area contributed by atoms with Crippen LogP contribution in [0.5, 0.6) is 0 Å². The van der Waals surface area contributed by atoms with Gasteiger partial charge in [-0.05, 0) is 58.4 Å². The normalized spacial score (nSPS) is 36.8. The van der Waals surface area contributed by atoms with Crippen LogP contribution in [0.25, 0.3) is 0 Å². The van der Waals surface area contributed by atoms with E-state index in [1.807, 2.05) is 0 Å². The maximum Gasteiger partial charge on any atom is 0.338 e. The van der Waals surface area contributed by atoms with E-state index in [1.54, 1.807) is 69.3 Å². The van der Waals surface area contributed by atoms with Crippen LogP contribution >= 0.6 is 0 Å².